The smallest absolute Gasteiger partial charge is 0.341 e. The molecule has 0 saturated carbocycles. The molecule has 0 fully saturated rings. The van der Waals surface area contributed by atoms with Crippen molar-refractivity contribution in [1.29, 1.82) is 0 Å². The highest BCUT2D eigenvalue weighted by atomic mass is 16.6. The minimum atomic E-state index is -1.07. The van der Waals surface area contributed by atoms with Crippen molar-refractivity contribution in [1.82, 2.24) is 4.98 Å². The number of aryl methyl sites for hydroxylation is 1. The summed E-state index contributed by atoms with van der Waals surface area (Å²) in [5.41, 5.74) is 2.04. The molecule has 0 saturated heterocycles. The molecule has 1 N–H and O–H groups in total. The van der Waals surface area contributed by atoms with E-state index in [0.29, 0.717) is 11.4 Å². The van der Waals surface area contributed by atoms with Gasteiger partial charge in [0.1, 0.15) is 5.82 Å². The zero-order chi connectivity index (χ0) is 16.6. The van der Waals surface area contributed by atoms with Gasteiger partial charge in [-0.2, -0.15) is 0 Å². The fourth-order valence-corrected chi connectivity index (χ4v) is 3.06. The number of hydrogen-bond donors (Lipinski definition) is 1. The molecule has 118 valence electrons. The number of aromatic nitrogens is 1. The first-order chi connectivity index (χ1) is 11.7. The van der Waals surface area contributed by atoms with Crippen LogP contribution in [0.4, 0.5) is 5.82 Å². The summed E-state index contributed by atoms with van der Waals surface area (Å²) in [6.07, 6.45) is 0. The van der Waals surface area contributed by atoms with Crippen LogP contribution in [0.15, 0.2) is 72.8 Å². The molecule has 0 radical (unpaired) electrons. The first-order valence-electron chi connectivity index (χ1n) is 7.79. The molecule has 4 rings (SSSR count). The van der Waals surface area contributed by atoms with E-state index in [4.69, 9.17) is 4.74 Å². The molecule has 0 unspecified atom stereocenters. The van der Waals surface area contributed by atoms with Gasteiger partial charge in [-0.15, -0.1) is 0 Å². The van der Waals surface area contributed by atoms with E-state index >= 15 is 0 Å². The molecular formula is C20H16N2O2. The van der Waals surface area contributed by atoms with Crippen LogP contribution in [-0.4, -0.2) is 11.0 Å². The number of cyclic esters (lactones) is 1. The highest BCUT2D eigenvalue weighted by molar-refractivity contribution is 5.96. The van der Waals surface area contributed by atoms with Gasteiger partial charge in [0.2, 0.25) is 5.72 Å². The van der Waals surface area contributed by atoms with Crippen LogP contribution >= 0.6 is 0 Å². The largest absolute Gasteiger partial charge is 0.427 e. The van der Waals surface area contributed by atoms with Crippen molar-refractivity contribution in [2.24, 2.45) is 0 Å². The zero-order valence-corrected chi connectivity index (χ0v) is 13.2. The Hall–Kier alpha value is -3.14. The quantitative estimate of drug-likeness (QED) is 0.745. The summed E-state index contributed by atoms with van der Waals surface area (Å²) >= 11 is 0. The van der Waals surface area contributed by atoms with Gasteiger partial charge in [-0.1, -0.05) is 54.6 Å². The number of pyridine rings is 1. The summed E-state index contributed by atoms with van der Waals surface area (Å²) in [6.45, 7) is 1.93. The fraction of sp³-hybridized carbons (Fsp3) is 0.100. The van der Waals surface area contributed by atoms with Gasteiger partial charge in [0.25, 0.3) is 0 Å². The van der Waals surface area contributed by atoms with Crippen molar-refractivity contribution in [3.63, 3.8) is 0 Å². The Labute approximate surface area is 140 Å². The van der Waals surface area contributed by atoms with Crippen LogP contribution in [0, 0.1) is 6.92 Å². The summed E-state index contributed by atoms with van der Waals surface area (Å²) in [5, 5.41) is 3.34. The Kier molecular flexibility index (Phi) is 3.31. The number of fused-ring (bicyclic) bond motifs is 1. The van der Waals surface area contributed by atoms with Gasteiger partial charge in [-0.3, -0.25) is 0 Å². The fourth-order valence-electron chi connectivity index (χ4n) is 3.06. The molecule has 0 aliphatic carbocycles. The average Bonchev–Trinajstić information content (AvgIpc) is 2.89. The van der Waals surface area contributed by atoms with Crippen molar-refractivity contribution in [2.75, 3.05) is 5.32 Å². The molecule has 0 bridgehead atoms. The van der Waals surface area contributed by atoms with Crippen LogP contribution in [0.25, 0.3) is 0 Å². The SMILES string of the molecule is Cc1cccc(N[C@]2(c3ccccc3)OC(=O)c3ccccc32)n1. The topological polar surface area (TPSA) is 51.2 Å². The number of hydrogen-bond acceptors (Lipinski definition) is 4. The third-order valence-electron chi connectivity index (χ3n) is 4.14. The third kappa shape index (κ3) is 2.24. The molecule has 1 aromatic heterocycles. The van der Waals surface area contributed by atoms with Crippen LogP contribution in [-0.2, 0) is 10.5 Å². The molecule has 4 heteroatoms. The van der Waals surface area contributed by atoms with Gasteiger partial charge in [-0.25, -0.2) is 9.78 Å². The summed E-state index contributed by atoms with van der Waals surface area (Å²) in [7, 11) is 0. The van der Waals surface area contributed by atoms with E-state index in [1.165, 1.54) is 0 Å². The summed E-state index contributed by atoms with van der Waals surface area (Å²) in [4.78, 5) is 16.9. The monoisotopic (exact) mass is 316 g/mol. The van der Waals surface area contributed by atoms with E-state index in [-0.39, 0.29) is 5.97 Å². The molecule has 0 spiro atoms. The lowest BCUT2D eigenvalue weighted by Crippen LogP contribution is -2.37. The molecule has 1 aliphatic heterocycles. The molecule has 24 heavy (non-hydrogen) atoms. The van der Waals surface area contributed by atoms with Crippen LogP contribution in [0.5, 0.6) is 0 Å². The predicted octanol–water partition coefficient (Wildman–Crippen LogP) is 3.87. The molecule has 2 aromatic carbocycles. The van der Waals surface area contributed by atoms with Gasteiger partial charge in [0, 0.05) is 16.8 Å². The number of benzene rings is 2. The van der Waals surface area contributed by atoms with E-state index in [1.54, 1.807) is 6.07 Å². The molecular weight excluding hydrogens is 300 g/mol. The van der Waals surface area contributed by atoms with E-state index < -0.39 is 5.72 Å². The van der Waals surface area contributed by atoms with Crippen LogP contribution in [0.2, 0.25) is 0 Å². The van der Waals surface area contributed by atoms with Crippen molar-refractivity contribution >= 4 is 11.8 Å². The molecule has 1 aliphatic rings. The summed E-state index contributed by atoms with van der Waals surface area (Å²) in [5.74, 6) is 0.318. The van der Waals surface area contributed by atoms with E-state index in [1.807, 2.05) is 73.7 Å². The minimum absolute atomic E-state index is 0.338. The Morgan fingerprint density at radius 2 is 1.67 bits per heavy atom. The number of rotatable bonds is 3. The van der Waals surface area contributed by atoms with Gasteiger partial charge in [-0.05, 0) is 25.1 Å². The Morgan fingerprint density at radius 1 is 0.917 bits per heavy atom. The number of carbonyl (C=O) groups is 1. The number of carbonyl (C=O) groups excluding carboxylic acids is 1. The Balaban J connectivity index is 1.91. The molecule has 2 heterocycles. The Bertz CT molecular complexity index is 908. The number of esters is 1. The second-order valence-corrected chi connectivity index (χ2v) is 5.77. The van der Waals surface area contributed by atoms with Gasteiger partial charge >= 0.3 is 5.97 Å². The first kappa shape index (κ1) is 14.5. The predicted molar refractivity (Wildman–Crippen MR) is 91.7 cm³/mol. The lowest BCUT2D eigenvalue weighted by molar-refractivity contribution is 0.0211. The number of nitrogens with zero attached hydrogens (tertiary/aromatic N) is 1. The second-order valence-electron chi connectivity index (χ2n) is 5.77. The van der Waals surface area contributed by atoms with E-state index in [2.05, 4.69) is 10.3 Å². The van der Waals surface area contributed by atoms with E-state index in [0.717, 1.165) is 16.8 Å². The van der Waals surface area contributed by atoms with Crippen LogP contribution in [0.3, 0.4) is 0 Å². The van der Waals surface area contributed by atoms with Gasteiger partial charge in [0.05, 0.1) is 5.56 Å². The maximum absolute atomic E-state index is 12.4. The molecule has 3 aromatic rings. The van der Waals surface area contributed by atoms with Crippen molar-refractivity contribution in [2.45, 2.75) is 12.6 Å². The van der Waals surface area contributed by atoms with Crippen LogP contribution in [0.1, 0.15) is 27.2 Å². The third-order valence-corrected chi connectivity index (χ3v) is 4.14. The number of ether oxygens (including phenoxy) is 1. The summed E-state index contributed by atoms with van der Waals surface area (Å²) in [6, 6.07) is 22.8. The van der Waals surface area contributed by atoms with Crippen LogP contribution < -0.4 is 5.32 Å². The van der Waals surface area contributed by atoms with Gasteiger partial charge in [0.15, 0.2) is 0 Å². The highest BCUT2D eigenvalue weighted by Crippen LogP contribution is 2.42. The second kappa shape index (κ2) is 5.49. The Morgan fingerprint density at radius 3 is 2.46 bits per heavy atom. The van der Waals surface area contributed by atoms with E-state index in [9.17, 15) is 4.79 Å². The van der Waals surface area contributed by atoms with Gasteiger partial charge < -0.3 is 10.1 Å². The lowest BCUT2D eigenvalue weighted by atomic mass is 9.93. The minimum Gasteiger partial charge on any atom is -0.427 e. The zero-order valence-electron chi connectivity index (χ0n) is 13.2. The molecule has 4 nitrogen and oxygen atoms in total. The summed E-state index contributed by atoms with van der Waals surface area (Å²) < 4.78 is 5.86. The molecule has 1 atom stereocenters. The normalized spacial score (nSPS) is 18.8. The number of nitrogens with one attached hydrogen (secondary N) is 1. The van der Waals surface area contributed by atoms with Crippen molar-refractivity contribution in [3.05, 3.63) is 95.2 Å². The first-order valence-corrected chi connectivity index (χ1v) is 7.79. The standard InChI is InChI=1S/C20H16N2O2/c1-14-8-7-13-18(21-14)22-20(15-9-3-2-4-10-15)17-12-6-5-11-16(17)19(23)24-20/h2-13H,1H3,(H,21,22)/t20-/m1/s1. The van der Waals surface area contributed by atoms with Crippen molar-refractivity contribution in [3.8, 4) is 0 Å². The van der Waals surface area contributed by atoms with Crippen molar-refractivity contribution < 1.29 is 9.53 Å². The maximum Gasteiger partial charge on any atom is 0.341 e. The maximum atomic E-state index is 12.4. The lowest BCUT2D eigenvalue weighted by Gasteiger charge is -2.31. The number of anilines is 1. The molecule has 0 amide bonds. The highest BCUT2D eigenvalue weighted by Gasteiger charge is 2.47. The average molecular weight is 316 g/mol.